The Bertz CT molecular complexity index is 3630. The third-order valence-electron chi connectivity index (χ3n) is 13.6. The van der Waals surface area contributed by atoms with E-state index in [1.54, 1.807) is 0 Å². The van der Waals surface area contributed by atoms with E-state index in [1.807, 2.05) is 18.2 Å². The Morgan fingerprint density at radius 1 is 0.278 bits per heavy atom. The Morgan fingerprint density at radius 3 is 1.12 bits per heavy atom. The Labute approximate surface area is 423 Å². The number of hydrogen-bond acceptors (Lipinski definition) is 5. The van der Waals surface area contributed by atoms with Crippen LogP contribution in [0.1, 0.15) is 33.4 Å². The summed E-state index contributed by atoms with van der Waals surface area (Å²) in [4.78, 5) is 20.9. The van der Waals surface area contributed by atoms with Crippen LogP contribution in [-0.2, 0) is 0 Å². The van der Waals surface area contributed by atoms with Crippen molar-refractivity contribution < 1.29 is 0 Å². The average Bonchev–Trinajstić information content (AvgIpc) is 3.41. The molecule has 5 heteroatoms. The molecule has 1 aromatic heterocycles. The molecule has 348 valence electrons. The smallest absolute Gasteiger partial charge is 0.238 e. The van der Waals surface area contributed by atoms with Gasteiger partial charge in [0.25, 0.3) is 0 Å². The fourth-order valence-electron chi connectivity index (χ4n) is 10.5. The van der Waals surface area contributed by atoms with Crippen molar-refractivity contribution in [3.63, 3.8) is 0 Å². The summed E-state index contributed by atoms with van der Waals surface area (Å²) in [5.41, 5.74) is 21.2. The van der Waals surface area contributed by atoms with E-state index in [0.717, 1.165) is 61.2 Å². The van der Waals surface area contributed by atoms with Gasteiger partial charge in [0.05, 0.1) is 11.4 Å². The van der Waals surface area contributed by atoms with Gasteiger partial charge in [0.2, 0.25) is 5.95 Å². The second-order valence-corrected chi connectivity index (χ2v) is 18.9. The molecule has 0 fully saturated rings. The van der Waals surface area contributed by atoms with E-state index in [-0.39, 0.29) is 0 Å². The van der Waals surface area contributed by atoms with Crippen LogP contribution >= 0.6 is 0 Å². The number of nitrogens with zero attached hydrogens (tertiary/aromatic N) is 5. The number of anilines is 6. The summed E-state index contributed by atoms with van der Waals surface area (Å²) < 4.78 is 0. The highest BCUT2D eigenvalue weighted by Crippen LogP contribution is 2.45. The Balaban J connectivity index is 1.13. The van der Waals surface area contributed by atoms with Gasteiger partial charge in [-0.3, -0.25) is 4.90 Å². The highest BCUT2D eigenvalue weighted by atomic mass is 15.3. The monoisotopic (exact) mass is 929 g/mol. The summed E-state index contributed by atoms with van der Waals surface area (Å²) in [6.45, 7) is 13.2. The van der Waals surface area contributed by atoms with Crippen LogP contribution < -0.4 is 9.80 Å². The number of aromatic nitrogens is 3. The van der Waals surface area contributed by atoms with Gasteiger partial charge in [0.1, 0.15) is 0 Å². The predicted octanol–water partition coefficient (Wildman–Crippen LogP) is 18.1. The number of fused-ring (bicyclic) bond motifs is 1. The van der Waals surface area contributed by atoms with Gasteiger partial charge in [0, 0.05) is 28.2 Å². The quantitative estimate of drug-likeness (QED) is 0.129. The van der Waals surface area contributed by atoms with Crippen molar-refractivity contribution in [2.45, 2.75) is 41.5 Å². The number of hydrogen-bond donors (Lipinski definition) is 0. The minimum absolute atomic E-state index is 0.503. The molecular formula is C67H55N5. The fourth-order valence-corrected chi connectivity index (χ4v) is 10.5. The summed E-state index contributed by atoms with van der Waals surface area (Å²) in [6, 6.07) is 79.8. The molecule has 0 aliphatic rings. The van der Waals surface area contributed by atoms with Crippen molar-refractivity contribution >= 4 is 45.2 Å². The van der Waals surface area contributed by atoms with E-state index in [9.17, 15) is 0 Å². The molecule has 0 aliphatic carbocycles. The van der Waals surface area contributed by atoms with Crippen molar-refractivity contribution in [2.24, 2.45) is 0 Å². The van der Waals surface area contributed by atoms with E-state index in [2.05, 4.69) is 258 Å². The molecule has 0 saturated carbocycles. The van der Waals surface area contributed by atoms with Crippen molar-refractivity contribution in [3.05, 3.63) is 258 Å². The normalized spacial score (nSPS) is 11.2. The summed E-state index contributed by atoms with van der Waals surface area (Å²) in [5, 5.41) is 2.26. The molecule has 0 unspecified atom stereocenters. The molecule has 0 radical (unpaired) electrons. The molecule has 0 aliphatic heterocycles. The molecule has 10 aromatic carbocycles. The SMILES string of the molecule is Cc1cc(C)c(N(c2ccc(N(c3ccc(-c4ccccc4-c4ccccc4)cc3)c3nc(-c4ccccc4)nc(-c4cc5ccccc5cc4-c4ccccc4)n3)cc2)c2c(C)cc(C)cc2C)c(C)c1. The summed E-state index contributed by atoms with van der Waals surface area (Å²) in [7, 11) is 0. The van der Waals surface area contributed by atoms with Gasteiger partial charge in [-0.1, -0.05) is 187 Å². The molecule has 11 aromatic rings. The van der Waals surface area contributed by atoms with Crippen LogP contribution in [0.2, 0.25) is 0 Å². The molecule has 1 heterocycles. The average molecular weight is 930 g/mol. The van der Waals surface area contributed by atoms with E-state index >= 15 is 0 Å². The van der Waals surface area contributed by atoms with E-state index in [4.69, 9.17) is 15.0 Å². The topological polar surface area (TPSA) is 45.2 Å². The fraction of sp³-hybridized carbons (Fsp3) is 0.0896. The first-order chi connectivity index (χ1) is 35.2. The van der Waals surface area contributed by atoms with Crippen LogP contribution in [0, 0.1) is 41.5 Å². The first-order valence-corrected chi connectivity index (χ1v) is 24.7. The maximum Gasteiger partial charge on any atom is 0.238 e. The standard InChI is InChI=1S/C67H55N5/c1-44-38-46(3)63(47(4)39-44)72(64-48(5)40-45(2)41-49(64)6)58-36-34-57(35-37-58)71(56-32-30-52(31-33-56)60-29-19-18-28-59(60)50-20-10-7-11-21-50)67-69-65(53-24-14-9-15-25-53)68-66(70-67)62-43-55-27-17-16-26-54(55)42-61(62)51-22-12-8-13-23-51/h7-43H,1-6H3. The highest BCUT2D eigenvalue weighted by Gasteiger charge is 2.25. The summed E-state index contributed by atoms with van der Waals surface area (Å²) >= 11 is 0. The van der Waals surface area contributed by atoms with Gasteiger partial charge >= 0.3 is 0 Å². The number of rotatable bonds is 11. The molecule has 0 saturated heterocycles. The largest absolute Gasteiger partial charge is 0.309 e. The lowest BCUT2D eigenvalue weighted by atomic mass is 9.94. The lowest BCUT2D eigenvalue weighted by Crippen LogP contribution is -2.17. The molecule has 5 nitrogen and oxygen atoms in total. The zero-order valence-electron chi connectivity index (χ0n) is 41.6. The zero-order chi connectivity index (χ0) is 49.3. The van der Waals surface area contributed by atoms with Gasteiger partial charge in [0.15, 0.2) is 11.6 Å². The number of aryl methyl sites for hydroxylation is 6. The molecular weight excluding hydrogens is 875 g/mol. The third kappa shape index (κ3) is 8.93. The molecule has 0 bridgehead atoms. The molecule has 0 amide bonds. The van der Waals surface area contributed by atoms with Gasteiger partial charge in [-0.25, -0.2) is 4.98 Å². The molecule has 0 spiro atoms. The zero-order valence-corrected chi connectivity index (χ0v) is 41.6. The first-order valence-electron chi connectivity index (χ1n) is 24.7. The maximum absolute atomic E-state index is 5.52. The third-order valence-corrected chi connectivity index (χ3v) is 13.6. The van der Waals surface area contributed by atoms with Gasteiger partial charge in [-0.05, 0) is 156 Å². The minimum Gasteiger partial charge on any atom is -0.309 e. The summed E-state index contributed by atoms with van der Waals surface area (Å²) in [6.07, 6.45) is 0. The minimum atomic E-state index is 0.503. The van der Waals surface area contributed by atoms with Crippen LogP contribution in [0.25, 0.3) is 66.9 Å². The van der Waals surface area contributed by atoms with Crippen LogP contribution in [0.3, 0.4) is 0 Å². The molecule has 0 N–H and O–H groups in total. The lowest BCUT2D eigenvalue weighted by molar-refractivity contribution is 1.02. The second-order valence-electron chi connectivity index (χ2n) is 18.9. The highest BCUT2D eigenvalue weighted by molar-refractivity contribution is 5.96. The van der Waals surface area contributed by atoms with Crippen LogP contribution in [0.15, 0.2) is 224 Å². The summed E-state index contributed by atoms with van der Waals surface area (Å²) in [5.74, 6) is 1.67. The van der Waals surface area contributed by atoms with Crippen molar-refractivity contribution in [1.82, 2.24) is 15.0 Å². The van der Waals surface area contributed by atoms with E-state index < -0.39 is 0 Å². The predicted molar refractivity (Wildman–Crippen MR) is 302 cm³/mol. The van der Waals surface area contributed by atoms with Gasteiger partial charge in [-0.2, -0.15) is 9.97 Å². The van der Waals surface area contributed by atoms with Crippen molar-refractivity contribution in [3.8, 4) is 56.2 Å². The lowest BCUT2D eigenvalue weighted by Gasteiger charge is -2.32. The number of benzene rings is 10. The molecule has 11 rings (SSSR count). The van der Waals surface area contributed by atoms with E-state index in [1.165, 1.54) is 55.9 Å². The van der Waals surface area contributed by atoms with Crippen LogP contribution in [-0.4, -0.2) is 15.0 Å². The van der Waals surface area contributed by atoms with Gasteiger partial charge in [-0.15, -0.1) is 0 Å². The van der Waals surface area contributed by atoms with Crippen molar-refractivity contribution in [1.29, 1.82) is 0 Å². The first kappa shape index (κ1) is 45.5. The van der Waals surface area contributed by atoms with Crippen LogP contribution in [0.4, 0.5) is 34.4 Å². The van der Waals surface area contributed by atoms with Crippen molar-refractivity contribution in [2.75, 3.05) is 9.80 Å². The Kier molecular flexibility index (Phi) is 12.3. The molecule has 72 heavy (non-hydrogen) atoms. The second kappa shape index (κ2) is 19.5. The molecule has 0 atom stereocenters. The van der Waals surface area contributed by atoms with Crippen LogP contribution in [0.5, 0.6) is 0 Å². The van der Waals surface area contributed by atoms with E-state index in [0.29, 0.717) is 17.6 Å². The Hall–Kier alpha value is -8.93. The Morgan fingerprint density at radius 2 is 0.639 bits per heavy atom. The maximum atomic E-state index is 5.52. The van der Waals surface area contributed by atoms with Gasteiger partial charge < -0.3 is 4.90 Å².